The number of nitrogens with one attached hydrogen (secondary N) is 4. The summed E-state index contributed by atoms with van der Waals surface area (Å²) in [4.78, 5) is 29.6. The Morgan fingerprint density at radius 2 is 1.72 bits per heavy atom. The van der Waals surface area contributed by atoms with Crippen molar-refractivity contribution in [2.75, 3.05) is 17.2 Å². The predicted octanol–water partition coefficient (Wildman–Crippen LogP) is 7.10. The number of fused-ring (bicyclic) bond motifs is 1. The van der Waals surface area contributed by atoms with Gasteiger partial charge < -0.3 is 20.9 Å². The molecule has 1 aliphatic rings. The van der Waals surface area contributed by atoms with E-state index in [9.17, 15) is 9.59 Å². The maximum Gasteiger partial charge on any atom is 0.256 e. The van der Waals surface area contributed by atoms with Crippen molar-refractivity contribution in [3.05, 3.63) is 114 Å². The number of amides is 2. The first-order valence-electron chi connectivity index (χ1n) is 13.2. The van der Waals surface area contributed by atoms with Crippen LogP contribution in [0, 0.1) is 6.92 Å². The van der Waals surface area contributed by atoms with Crippen molar-refractivity contribution in [2.45, 2.75) is 26.7 Å². The van der Waals surface area contributed by atoms with E-state index in [0.717, 1.165) is 53.2 Å². The summed E-state index contributed by atoms with van der Waals surface area (Å²) < 4.78 is 0. The molecule has 0 spiro atoms. The molecule has 0 fully saturated rings. The molecule has 1 aliphatic heterocycles. The monoisotopic (exact) mass is 516 g/mol. The lowest BCUT2D eigenvalue weighted by Gasteiger charge is -2.13. The van der Waals surface area contributed by atoms with Crippen LogP contribution in [0.3, 0.4) is 0 Å². The summed E-state index contributed by atoms with van der Waals surface area (Å²) in [5.74, 6) is -0.446. The van der Waals surface area contributed by atoms with Gasteiger partial charge in [0.15, 0.2) is 0 Å². The molecule has 0 saturated carbocycles. The number of aryl methyl sites for hydroxylation is 1. The quantitative estimate of drug-likeness (QED) is 0.141. The molecular formula is C33H32N4O2. The van der Waals surface area contributed by atoms with Gasteiger partial charge in [-0.15, -0.1) is 0 Å². The second-order valence-corrected chi connectivity index (χ2v) is 9.63. The van der Waals surface area contributed by atoms with Gasteiger partial charge in [-0.2, -0.15) is 0 Å². The number of rotatable bonds is 9. The topological polar surface area (TPSA) is 86.0 Å². The molecule has 2 amide bonds. The molecule has 4 aromatic rings. The molecular weight excluding hydrogens is 484 g/mol. The van der Waals surface area contributed by atoms with Gasteiger partial charge in [0.05, 0.1) is 5.57 Å². The summed E-state index contributed by atoms with van der Waals surface area (Å²) >= 11 is 0. The largest absolute Gasteiger partial charge is 0.385 e. The first-order chi connectivity index (χ1) is 19.0. The molecule has 1 aromatic heterocycles. The van der Waals surface area contributed by atoms with E-state index in [1.54, 1.807) is 18.2 Å². The van der Waals surface area contributed by atoms with Crippen LogP contribution in [0.1, 0.15) is 52.6 Å². The molecule has 6 nitrogen and oxygen atoms in total. The molecule has 0 radical (unpaired) electrons. The number of hydrogen-bond donors (Lipinski definition) is 4. The molecule has 0 saturated heterocycles. The third-order valence-electron chi connectivity index (χ3n) is 6.83. The number of carbonyl (C=O) groups is 2. The summed E-state index contributed by atoms with van der Waals surface area (Å²) in [5, 5.41) is 9.32. The highest BCUT2D eigenvalue weighted by molar-refractivity contribution is 6.35. The molecule has 4 N–H and O–H groups in total. The number of aromatic nitrogens is 1. The normalized spacial score (nSPS) is 13.2. The zero-order valence-corrected chi connectivity index (χ0v) is 22.2. The third kappa shape index (κ3) is 5.41. The van der Waals surface area contributed by atoms with Crippen molar-refractivity contribution in [1.82, 2.24) is 10.3 Å². The number of anilines is 2. The Balaban J connectivity index is 1.55. The molecule has 0 aliphatic carbocycles. The first kappa shape index (κ1) is 25.8. The fraction of sp³-hybridized carbons (Fsp3) is 0.152. The Morgan fingerprint density at radius 1 is 1.00 bits per heavy atom. The minimum atomic E-state index is -0.236. The average Bonchev–Trinajstić information content (AvgIpc) is 3.44. The van der Waals surface area contributed by atoms with Gasteiger partial charge in [-0.25, -0.2) is 0 Å². The number of benzene rings is 3. The van der Waals surface area contributed by atoms with Crippen molar-refractivity contribution in [3.63, 3.8) is 0 Å². The third-order valence-corrected chi connectivity index (χ3v) is 6.83. The number of hydrogen-bond acceptors (Lipinski definition) is 3. The molecule has 5 rings (SSSR count). The number of unbranched alkanes of at least 4 members (excludes halogenated alkanes) is 1. The maximum absolute atomic E-state index is 13.1. The summed E-state index contributed by atoms with van der Waals surface area (Å²) in [6.07, 6.45) is 4.02. The maximum atomic E-state index is 13.1. The number of aromatic amines is 1. The van der Waals surface area contributed by atoms with E-state index >= 15 is 0 Å². The Kier molecular flexibility index (Phi) is 7.46. The fourth-order valence-electron chi connectivity index (χ4n) is 4.89. The van der Waals surface area contributed by atoms with Crippen molar-refractivity contribution in [3.8, 4) is 11.1 Å². The van der Waals surface area contributed by atoms with Crippen LogP contribution in [-0.4, -0.2) is 23.3 Å². The summed E-state index contributed by atoms with van der Waals surface area (Å²) in [5.41, 5.74) is 8.66. The Morgan fingerprint density at radius 3 is 2.44 bits per heavy atom. The van der Waals surface area contributed by atoms with E-state index < -0.39 is 0 Å². The molecule has 0 unspecified atom stereocenters. The van der Waals surface area contributed by atoms with Gasteiger partial charge >= 0.3 is 0 Å². The molecule has 3 aromatic carbocycles. The van der Waals surface area contributed by atoms with E-state index in [1.165, 1.54) is 0 Å². The zero-order valence-electron chi connectivity index (χ0n) is 22.2. The van der Waals surface area contributed by atoms with Crippen LogP contribution >= 0.6 is 0 Å². The van der Waals surface area contributed by atoms with Gasteiger partial charge in [-0.1, -0.05) is 68.5 Å². The SMILES string of the molecule is C=C(NCCCC)c1c(C)[nH]c(/C=C2\C(=O)Nc3ccc(C(=O)Nc4ccccc4)cc32)c1-c1ccccc1. The lowest BCUT2D eigenvalue weighted by Crippen LogP contribution is -2.13. The van der Waals surface area contributed by atoms with Crippen LogP contribution in [0.5, 0.6) is 0 Å². The Bertz CT molecular complexity index is 1570. The van der Waals surface area contributed by atoms with Crippen molar-refractivity contribution >= 4 is 40.5 Å². The summed E-state index contributed by atoms with van der Waals surface area (Å²) in [7, 11) is 0. The van der Waals surface area contributed by atoms with E-state index in [0.29, 0.717) is 28.1 Å². The fourth-order valence-corrected chi connectivity index (χ4v) is 4.89. The van der Waals surface area contributed by atoms with Crippen LogP contribution < -0.4 is 16.0 Å². The summed E-state index contributed by atoms with van der Waals surface area (Å²) in [6.45, 7) is 9.35. The van der Waals surface area contributed by atoms with Crippen LogP contribution in [0.2, 0.25) is 0 Å². The Hall–Kier alpha value is -4.84. The highest BCUT2D eigenvalue weighted by Gasteiger charge is 2.27. The summed E-state index contributed by atoms with van der Waals surface area (Å²) in [6, 6.07) is 24.7. The van der Waals surface area contributed by atoms with Gasteiger partial charge in [-0.3, -0.25) is 9.59 Å². The lowest BCUT2D eigenvalue weighted by molar-refractivity contribution is -0.110. The van der Waals surface area contributed by atoms with E-state index in [-0.39, 0.29) is 11.8 Å². The number of carbonyl (C=O) groups excluding carboxylic acids is 2. The van der Waals surface area contributed by atoms with Gasteiger partial charge in [0, 0.05) is 57.3 Å². The van der Waals surface area contributed by atoms with Gasteiger partial charge in [0.2, 0.25) is 0 Å². The molecule has 6 heteroatoms. The van der Waals surface area contributed by atoms with Crippen molar-refractivity contribution in [2.24, 2.45) is 0 Å². The van der Waals surface area contributed by atoms with E-state index in [4.69, 9.17) is 0 Å². The van der Waals surface area contributed by atoms with Crippen LogP contribution in [0.25, 0.3) is 28.5 Å². The second-order valence-electron chi connectivity index (χ2n) is 9.63. The molecule has 196 valence electrons. The minimum Gasteiger partial charge on any atom is -0.385 e. The minimum absolute atomic E-state index is 0.210. The van der Waals surface area contributed by atoms with Crippen molar-refractivity contribution in [1.29, 1.82) is 0 Å². The second kappa shape index (κ2) is 11.3. The number of H-pyrrole nitrogens is 1. The number of para-hydroxylation sites is 1. The van der Waals surface area contributed by atoms with E-state index in [2.05, 4.69) is 46.6 Å². The molecule has 2 heterocycles. The highest BCUT2D eigenvalue weighted by atomic mass is 16.2. The Labute approximate surface area is 228 Å². The van der Waals surface area contributed by atoms with E-state index in [1.807, 2.05) is 61.5 Å². The van der Waals surface area contributed by atoms with Crippen LogP contribution in [0.15, 0.2) is 85.4 Å². The van der Waals surface area contributed by atoms with Crippen LogP contribution in [0.4, 0.5) is 11.4 Å². The smallest absolute Gasteiger partial charge is 0.256 e. The molecule has 39 heavy (non-hydrogen) atoms. The predicted molar refractivity (Wildman–Crippen MR) is 160 cm³/mol. The first-order valence-corrected chi connectivity index (χ1v) is 13.2. The van der Waals surface area contributed by atoms with Gasteiger partial charge in [0.1, 0.15) is 0 Å². The van der Waals surface area contributed by atoms with Crippen molar-refractivity contribution < 1.29 is 9.59 Å². The van der Waals surface area contributed by atoms with Gasteiger partial charge in [0.25, 0.3) is 11.8 Å². The highest BCUT2D eigenvalue weighted by Crippen LogP contribution is 2.39. The zero-order chi connectivity index (χ0) is 27.4. The molecule has 0 atom stereocenters. The molecule has 0 bridgehead atoms. The van der Waals surface area contributed by atoms with Crippen LogP contribution in [-0.2, 0) is 4.79 Å². The van der Waals surface area contributed by atoms with Gasteiger partial charge in [-0.05, 0) is 55.3 Å². The lowest BCUT2D eigenvalue weighted by atomic mass is 9.96. The average molecular weight is 517 g/mol. The standard InChI is InChI=1S/C33H32N4O2/c1-4-5-18-34-21(2)30-22(3)35-29(31(30)23-12-8-6-9-13-23)20-27-26-19-24(16-17-28(26)37-33(27)39)32(38)36-25-14-10-7-11-15-25/h6-17,19-20,34-35H,2,4-5,18H2,1,3H3,(H,36,38)(H,37,39)/b27-20-.